The Kier molecular flexibility index (Phi) is 5.34. The fourth-order valence-corrected chi connectivity index (χ4v) is 3.42. The highest BCUT2D eigenvalue weighted by Crippen LogP contribution is 2.31. The lowest BCUT2D eigenvalue weighted by Gasteiger charge is -2.37. The third-order valence-corrected chi connectivity index (χ3v) is 4.92. The second kappa shape index (κ2) is 7.66. The van der Waals surface area contributed by atoms with E-state index in [1.165, 1.54) is 23.4 Å². The number of rotatable bonds is 6. The maximum absolute atomic E-state index is 12.0. The molecule has 0 unspecified atom stereocenters. The van der Waals surface area contributed by atoms with Crippen molar-refractivity contribution in [3.8, 4) is 0 Å². The van der Waals surface area contributed by atoms with E-state index >= 15 is 0 Å². The molecule has 0 radical (unpaired) electrons. The van der Waals surface area contributed by atoms with E-state index in [1.807, 2.05) is 6.07 Å². The second-order valence-corrected chi connectivity index (χ2v) is 6.62. The SMILES string of the molecule is COC(=O)CNC(=O)C1CC(N[C@H](C)c2cccc3ccccc23)C1.[HH].[HH]. The highest BCUT2D eigenvalue weighted by Gasteiger charge is 2.35. The van der Waals surface area contributed by atoms with Gasteiger partial charge in [-0.3, -0.25) is 9.59 Å². The minimum absolute atomic E-state index is 0. The summed E-state index contributed by atoms with van der Waals surface area (Å²) in [5.41, 5.74) is 1.27. The topological polar surface area (TPSA) is 67.4 Å². The first-order valence-electron chi connectivity index (χ1n) is 8.66. The van der Waals surface area contributed by atoms with E-state index in [2.05, 4.69) is 58.7 Å². The van der Waals surface area contributed by atoms with Crippen LogP contribution in [0.3, 0.4) is 0 Å². The predicted molar refractivity (Wildman–Crippen MR) is 101 cm³/mol. The van der Waals surface area contributed by atoms with Crippen molar-refractivity contribution >= 4 is 22.6 Å². The Morgan fingerprint density at radius 1 is 1.20 bits per heavy atom. The van der Waals surface area contributed by atoms with Crippen LogP contribution in [0.2, 0.25) is 0 Å². The summed E-state index contributed by atoms with van der Waals surface area (Å²) in [4.78, 5) is 23.0. The van der Waals surface area contributed by atoms with E-state index < -0.39 is 5.97 Å². The van der Waals surface area contributed by atoms with Gasteiger partial charge in [0.1, 0.15) is 6.54 Å². The summed E-state index contributed by atoms with van der Waals surface area (Å²) in [6, 6.07) is 15.3. The number of hydrogen-bond acceptors (Lipinski definition) is 4. The molecule has 1 atom stereocenters. The summed E-state index contributed by atoms with van der Waals surface area (Å²) in [7, 11) is 1.31. The smallest absolute Gasteiger partial charge is 0.325 e. The van der Waals surface area contributed by atoms with Gasteiger partial charge in [0.2, 0.25) is 5.91 Å². The third-order valence-electron chi connectivity index (χ3n) is 4.92. The monoisotopic (exact) mass is 344 g/mol. The summed E-state index contributed by atoms with van der Waals surface area (Å²) in [5, 5.41) is 8.74. The van der Waals surface area contributed by atoms with Gasteiger partial charge in [0.05, 0.1) is 7.11 Å². The first-order valence-corrected chi connectivity index (χ1v) is 8.66. The van der Waals surface area contributed by atoms with E-state index in [0.29, 0.717) is 6.04 Å². The molecule has 2 aromatic rings. The van der Waals surface area contributed by atoms with Crippen LogP contribution in [-0.2, 0) is 14.3 Å². The Hall–Kier alpha value is -2.40. The van der Waals surface area contributed by atoms with Gasteiger partial charge in [0.25, 0.3) is 0 Å². The lowest BCUT2D eigenvalue weighted by molar-refractivity contribution is -0.142. The van der Waals surface area contributed by atoms with Gasteiger partial charge in [0.15, 0.2) is 0 Å². The van der Waals surface area contributed by atoms with E-state index in [-0.39, 0.29) is 27.3 Å². The maximum Gasteiger partial charge on any atom is 0.325 e. The van der Waals surface area contributed by atoms with Gasteiger partial charge in [-0.25, -0.2) is 0 Å². The Morgan fingerprint density at radius 3 is 2.68 bits per heavy atom. The first kappa shape index (κ1) is 17.4. The number of fused-ring (bicyclic) bond motifs is 1. The fourth-order valence-electron chi connectivity index (χ4n) is 3.42. The number of hydrogen-bond donors (Lipinski definition) is 2. The van der Waals surface area contributed by atoms with Gasteiger partial charge in [-0.15, -0.1) is 0 Å². The molecule has 0 saturated heterocycles. The van der Waals surface area contributed by atoms with E-state index in [0.717, 1.165) is 12.8 Å². The van der Waals surface area contributed by atoms with E-state index in [1.54, 1.807) is 0 Å². The summed E-state index contributed by atoms with van der Waals surface area (Å²) < 4.78 is 4.52. The number of benzene rings is 2. The number of methoxy groups -OCH3 is 1. The molecule has 1 aliphatic carbocycles. The number of carbonyl (C=O) groups excluding carboxylic acids is 2. The Labute approximate surface area is 150 Å². The number of ether oxygens (including phenoxy) is 1. The number of amides is 1. The molecule has 3 rings (SSSR count). The molecule has 5 nitrogen and oxygen atoms in total. The first-order chi connectivity index (χ1) is 12.1. The molecule has 0 aliphatic heterocycles. The zero-order chi connectivity index (χ0) is 17.8. The summed E-state index contributed by atoms with van der Waals surface area (Å²) in [6.07, 6.45) is 1.59. The normalized spacial score (nSPS) is 20.6. The van der Waals surface area contributed by atoms with Crippen LogP contribution in [0.25, 0.3) is 10.8 Å². The molecule has 1 fully saturated rings. The van der Waals surface area contributed by atoms with Gasteiger partial charge in [-0.1, -0.05) is 42.5 Å². The molecule has 5 heteroatoms. The molecule has 2 N–H and O–H groups in total. The molecule has 0 bridgehead atoms. The molecule has 1 saturated carbocycles. The van der Waals surface area contributed by atoms with E-state index in [9.17, 15) is 9.59 Å². The van der Waals surface area contributed by atoms with Crippen LogP contribution in [-0.4, -0.2) is 31.6 Å². The van der Waals surface area contributed by atoms with Crippen molar-refractivity contribution in [3.63, 3.8) is 0 Å². The third kappa shape index (κ3) is 3.99. The molecule has 136 valence electrons. The standard InChI is InChI=1S/C20H24N2O3.2H2/c1-13(17-9-5-7-14-6-3-4-8-18(14)17)22-16-10-15(11-16)20(24)21-12-19(23)25-2;;/h3-9,13,15-16,22H,10-12H2,1-2H3,(H,21,24);2*1H/t13-,15?,16?;;/m1../s1. The van der Waals surface area contributed by atoms with Gasteiger partial charge >= 0.3 is 5.97 Å². The van der Waals surface area contributed by atoms with Crippen molar-refractivity contribution in [1.82, 2.24) is 10.6 Å². The zero-order valence-corrected chi connectivity index (χ0v) is 14.6. The van der Waals surface area contributed by atoms with Crippen molar-refractivity contribution in [2.24, 2.45) is 5.92 Å². The quantitative estimate of drug-likeness (QED) is 0.791. The molecule has 2 aromatic carbocycles. The second-order valence-electron chi connectivity index (χ2n) is 6.62. The number of carbonyl (C=O) groups is 2. The molecule has 1 aliphatic rings. The van der Waals surface area contributed by atoms with Gasteiger partial charge < -0.3 is 15.4 Å². The molecule has 0 aromatic heterocycles. The van der Waals surface area contributed by atoms with E-state index in [4.69, 9.17) is 0 Å². The molecular formula is C20H28N2O3. The van der Waals surface area contributed by atoms with Crippen LogP contribution in [0.1, 0.15) is 34.2 Å². The minimum Gasteiger partial charge on any atom is -0.468 e. The summed E-state index contributed by atoms with van der Waals surface area (Å²) in [5.74, 6) is -0.518. The van der Waals surface area contributed by atoms with Crippen LogP contribution < -0.4 is 10.6 Å². The van der Waals surface area contributed by atoms with Crippen molar-refractivity contribution in [3.05, 3.63) is 48.0 Å². The van der Waals surface area contributed by atoms with Gasteiger partial charge in [-0.2, -0.15) is 0 Å². The maximum atomic E-state index is 12.0. The minimum atomic E-state index is -0.424. The lowest BCUT2D eigenvalue weighted by atomic mass is 9.79. The van der Waals surface area contributed by atoms with Gasteiger partial charge in [-0.05, 0) is 36.1 Å². The molecule has 25 heavy (non-hydrogen) atoms. The fraction of sp³-hybridized carbons (Fsp3) is 0.400. The Bertz CT molecular complexity index is 773. The van der Waals surface area contributed by atoms with Crippen LogP contribution in [0.15, 0.2) is 42.5 Å². The number of nitrogens with one attached hydrogen (secondary N) is 2. The average molecular weight is 344 g/mol. The van der Waals surface area contributed by atoms with Crippen LogP contribution in [0, 0.1) is 5.92 Å². The highest BCUT2D eigenvalue weighted by atomic mass is 16.5. The number of esters is 1. The highest BCUT2D eigenvalue weighted by molar-refractivity contribution is 5.86. The van der Waals surface area contributed by atoms with Crippen molar-refractivity contribution in [1.29, 1.82) is 0 Å². The van der Waals surface area contributed by atoms with Crippen molar-refractivity contribution < 1.29 is 17.2 Å². The molecular weight excluding hydrogens is 316 g/mol. The Morgan fingerprint density at radius 2 is 1.92 bits per heavy atom. The van der Waals surface area contributed by atoms with Crippen molar-refractivity contribution in [2.75, 3.05) is 13.7 Å². The summed E-state index contributed by atoms with van der Waals surface area (Å²) >= 11 is 0. The predicted octanol–water partition coefficient (Wildman–Crippen LogP) is 3.05. The van der Waals surface area contributed by atoms with Crippen LogP contribution in [0.4, 0.5) is 0 Å². The Balaban J connectivity index is 0.00000182. The largest absolute Gasteiger partial charge is 0.468 e. The van der Waals surface area contributed by atoms with Crippen LogP contribution >= 0.6 is 0 Å². The average Bonchev–Trinajstić information content (AvgIpc) is 2.61. The van der Waals surface area contributed by atoms with Crippen LogP contribution in [0.5, 0.6) is 0 Å². The lowest BCUT2D eigenvalue weighted by Crippen LogP contribution is -2.49. The molecule has 0 spiro atoms. The molecule has 0 heterocycles. The summed E-state index contributed by atoms with van der Waals surface area (Å²) in [6.45, 7) is 2.10. The van der Waals surface area contributed by atoms with Crippen molar-refractivity contribution in [2.45, 2.75) is 31.8 Å². The molecule has 1 amide bonds. The zero-order valence-electron chi connectivity index (χ0n) is 14.6. The van der Waals surface area contributed by atoms with Gasteiger partial charge in [0, 0.05) is 20.9 Å².